The van der Waals surface area contributed by atoms with E-state index in [0.29, 0.717) is 0 Å². The Morgan fingerprint density at radius 3 is 3.00 bits per heavy atom. The predicted octanol–water partition coefficient (Wildman–Crippen LogP) is 2.71. The van der Waals surface area contributed by atoms with Gasteiger partial charge < -0.3 is 0 Å². The molecule has 3 aromatic rings. The second-order valence-electron chi connectivity index (χ2n) is 2.66. The Hall–Kier alpha value is -0.940. The average molecular weight is 254 g/mol. The minimum absolute atomic E-state index is 0.764. The first-order valence-corrected chi connectivity index (χ1v) is 5.35. The number of aromatic nitrogens is 3. The van der Waals surface area contributed by atoms with Crippen LogP contribution in [-0.4, -0.2) is 14.6 Å². The number of rotatable bonds is 0. The second-order valence-corrected chi connectivity index (χ2v) is 4.38. The number of para-hydroxylation sites is 1. The van der Waals surface area contributed by atoms with E-state index in [-0.39, 0.29) is 0 Å². The highest BCUT2D eigenvalue weighted by atomic mass is 79.9. The van der Waals surface area contributed by atoms with Crippen LogP contribution >= 0.6 is 27.3 Å². The van der Waals surface area contributed by atoms with Crippen LogP contribution in [0.15, 0.2) is 29.0 Å². The predicted molar refractivity (Wildman–Crippen MR) is 56.1 cm³/mol. The van der Waals surface area contributed by atoms with Crippen LogP contribution in [0.4, 0.5) is 0 Å². The lowest BCUT2D eigenvalue weighted by molar-refractivity contribution is 1.07. The summed E-state index contributed by atoms with van der Waals surface area (Å²) < 4.78 is 3.99. The molecule has 3 nitrogen and oxygen atoms in total. The van der Waals surface area contributed by atoms with Crippen molar-refractivity contribution >= 4 is 42.4 Å². The number of fused-ring (bicyclic) bond motifs is 3. The van der Waals surface area contributed by atoms with Gasteiger partial charge in [0.1, 0.15) is 0 Å². The zero-order chi connectivity index (χ0) is 8.84. The Labute approximate surface area is 86.1 Å². The normalized spacial score (nSPS) is 11.5. The van der Waals surface area contributed by atoms with E-state index >= 15 is 0 Å². The van der Waals surface area contributed by atoms with E-state index < -0.39 is 0 Å². The minimum Gasteiger partial charge on any atom is -0.260 e. The number of hydrogen-bond acceptors (Lipinski definition) is 3. The summed E-state index contributed by atoms with van der Waals surface area (Å²) in [5.74, 6) is 0. The van der Waals surface area contributed by atoms with Gasteiger partial charge in [0.05, 0.1) is 10.2 Å². The summed E-state index contributed by atoms with van der Waals surface area (Å²) in [6, 6.07) is 8.19. The van der Waals surface area contributed by atoms with Crippen molar-refractivity contribution in [2.45, 2.75) is 0 Å². The first kappa shape index (κ1) is 7.46. The topological polar surface area (TPSA) is 30.2 Å². The highest BCUT2D eigenvalue weighted by Gasteiger charge is 2.08. The van der Waals surface area contributed by atoms with Crippen LogP contribution in [0.3, 0.4) is 0 Å². The molecule has 0 aliphatic heterocycles. The Morgan fingerprint density at radius 1 is 1.23 bits per heavy atom. The summed E-state index contributed by atoms with van der Waals surface area (Å²) in [4.78, 5) is 0.924. The van der Waals surface area contributed by atoms with E-state index in [0.717, 1.165) is 15.2 Å². The standard InChI is InChI=1S/C8H4BrN3S/c9-7-10-11-8-12(7)5-3-1-2-4-6(5)13-8/h1-4H. The highest BCUT2D eigenvalue weighted by Crippen LogP contribution is 2.27. The van der Waals surface area contributed by atoms with Crippen molar-refractivity contribution in [3.63, 3.8) is 0 Å². The lowest BCUT2D eigenvalue weighted by Gasteiger charge is -1.89. The minimum atomic E-state index is 0.764. The van der Waals surface area contributed by atoms with Crippen molar-refractivity contribution in [1.29, 1.82) is 0 Å². The molecule has 0 atom stereocenters. The maximum Gasteiger partial charge on any atom is 0.217 e. The van der Waals surface area contributed by atoms with E-state index in [4.69, 9.17) is 0 Å². The maximum absolute atomic E-state index is 4.04. The van der Waals surface area contributed by atoms with Crippen molar-refractivity contribution < 1.29 is 0 Å². The zero-order valence-electron chi connectivity index (χ0n) is 6.44. The van der Waals surface area contributed by atoms with Gasteiger partial charge in [0, 0.05) is 0 Å². The lowest BCUT2D eigenvalue weighted by atomic mass is 10.3. The molecule has 64 valence electrons. The first-order valence-electron chi connectivity index (χ1n) is 3.74. The van der Waals surface area contributed by atoms with Gasteiger partial charge in [0.2, 0.25) is 9.69 Å². The number of hydrogen-bond donors (Lipinski definition) is 0. The Balaban J connectivity index is 2.66. The molecule has 2 heterocycles. The van der Waals surface area contributed by atoms with Gasteiger partial charge in [-0.25, -0.2) is 0 Å². The fraction of sp³-hybridized carbons (Fsp3) is 0. The van der Waals surface area contributed by atoms with Crippen molar-refractivity contribution in [2.75, 3.05) is 0 Å². The molecule has 0 saturated heterocycles. The van der Waals surface area contributed by atoms with Crippen LogP contribution in [0.25, 0.3) is 15.2 Å². The molecular weight excluding hydrogens is 250 g/mol. The van der Waals surface area contributed by atoms with Gasteiger partial charge in [-0.2, -0.15) is 0 Å². The van der Waals surface area contributed by atoms with Crippen LogP contribution in [0.2, 0.25) is 0 Å². The van der Waals surface area contributed by atoms with Gasteiger partial charge in [-0.3, -0.25) is 4.40 Å². The van der Waals surface area contributed by atoms with Crippen LogP contribution in [0.5, 0.6) is 0 Å². The maximum atomic E-state index is 4.04. The van der Waals surface area contributed by atoms with Gasteiger partial charge in [0.15, 0.2) is 0 Å². The average Bonchev–Trinajstić information content (AvgIpc) is 2.66. The molecule has 0 N–H and O–H groups in total. The van der Waals surface area contributed by atoms with E-state index in [2.05, 4.69) is 38.3 Å². The molecule has 0 spiro atoms. The molecule has 3 rings (SSSR count). The Kier molecular flexibility index (Phi) is 1.45. The third-order valence-corrected chi connectivity index (χ3v) is 3.43. The monoisotopic (exact) mass is 253 g/mol. The van der Waals surface area contributed by atoms with E-state index in [1.165, 1.54) is 4.70 Å². The molecule has 0 fully saturated rings. The molecule has 2 aromatic heterocycles. The van der Waals surface area contributed by atoms with Gasteiger partial charge in [-0.15, -0.1) is 10.2 Å². The Bertz CT molecular complexity index is 583. The molecule has 0 unspecified atom stereocenters. The summed E-state index contributed by atoms with van der Waals surface area (Å²) >= 11 is 5.01. The summed E-state index contributed by atoms with van der Waals surface area (Å²) in [6.07, 6.45) is 0. The fourth-order valence-corrected chi connectivity index (χ4v) is 2.87. The van der Waals surface area contributed by atoms with Crippen LogP contribution in [0, 0.1) is 0 Å². The summed E-state index contributed by atoms with van der Waals surface area (Å²) in [5, 5.41) is 7.99. The highest BCUT2D eigenvalue weighted by molar-refractivity contribution is 9.10. The van der Waals surface area contributed by atoms with Crippen molar-refractivity contribution in [3.8, 4) is 0 Å². The molecule has 13 heavy (non-hydrogen) atoms. The molecule has 1 aromatic carbocycles. The van der Waals surface area contributed by atoms with Crippen LogP contribution < -0.4 is 0 Å². The largest absolute Gasteiger partial charge is 0.260 e. The first-order chi connectivity index (χ1) is 6.36. The van der Waals surface area contributed by atoms with E-state index in [1.54, 1.807) is 11.3 Å². The molecule has 5 heteroatoms. The van der Waals surface area contributed by atoms with Gasteiger partial charge >= 0.3 is 0 Å². The van der Waals surface area contributed by atoms with Gasteiger partial charge in [0.25, 0.3) is 0 Å². The van der Waals surface area contributed by atoms with Crippen molar-refractivity contribution in [3.05, 3.63) is 29.0 Å². The molecule has 0 amide bonds. The third kappa shape index (κ3) is 0.941. The van der Waals surface area contributed by atoms with Gasteiger partial charge in [-0.05, 0) is 28.1 Å². The number of halogens is 1. The van der Waals surface area contributed by atoms with Crippen molar-refractivity contribution in [2.24, 2.45) is 0 Å². The molecule has 0 aliphatic carbocycles. The smallest absolute Gasteiger partial charge is 0.217 e. The lowest BCUT2D eigenvalue weighted by Crippen LogP contribution is -1.79. The molecule has 0 saturated carbocycles. The summed E-state index contributed by atoms with van der Waals surface area (Å²) in [7, 11) is 0. The van der Waals surface area contributed by atoms with E-state index in [1.807, 2.05) is 16.5 Å². The molecule has 0 aliphatic rings. The third-order valence-electron chi connectivity index (χ3n) is 1.90. The quantitative estimate of drug-likeness (QED) is 0.617. The Morgan fingerprint density at radius 2 is 2.08 bits per heavy atom. The van der Waals surface area contributed by atoms with Crippen LogP contribution in [0.1, 0.15) is 0 Å². The molecule has 0 radical (unpaired) electrons. The summed E-state index contributed by atoms with van der Waals surface area (Å²) in [5.41, 5.74) is 1.15. The number of benzene rings is 1. The van der Waals surface area contributed by atoms with Crippen molar-refractivity contribution in [1.82, 2.24) is 14.6 Å². The zero-order valence-corrected chi connectivity index (χ0v) is 8.84. The summed E-state index contributed by atoms with van der Waals surface area (Å²) in [6.45, 7) is 0. The van der Waals surface area contributed by atoms with Crippen LogP contribution in [-0.2, 0) is 0 Å². The van der Waals surface area contributed by atoms with E-state index in [9.17, 15) is 0 Å². The molecule has 0 bridgehead atoms. The number of thiazole rings is 1. The molecular formula is C8H4BrN3S. The number of nitrogens with zero attached hydrogens (tertiary/aromatic N) is 3. The van der Waals surface area contributed by atoms with Gasteiger partial charge in [-0.1, -0.05) is 23.5 Å². The SMILES string of the molecule is Brc1nnc2sc3ccccc3n12. The second kappa shape index (κ2) is 2.52. The fourth-order valence-electron chi connectivity index (χ4n) is 1.35.